The highest BCUT2D eigenvalue weighted by atomic mass is 32.2. The Balaban J connectivity index is 2.06. The summed E-state index contributed by atoms with van der Waals surface area (Å²) in [5, 5.41) is 2.54. The number of hydrogen-bond donors (Lipinski definition) is 1. The molecule has 2 rings (SSSR count). The largest absolute Gasteiger partial charge is 0.465 e. The molecule has 1 aromatic rings. The number of allylic oxidation sites excluding steroid dienone is 2. The summed E-state index contributed by atoms with van der Waals surface area (Å²) >= 11 is 6.11. The fourth-order valence-corrected chi connectivity index (χ4v) is 2.05. The van der Waals surface area contributed by atoms with Gasteiger partial charge in [-0.15, -0.1) is 0 Å². The predicted octanol–water partition coefficient (Wildman–Crippen LogP) is 2.32. The van der Waals surface area contributed by atoms with Crippen LogP contribution in [0, 0.1) is 0 Å². The van der Waals surface area contributed by atoms with Gasteiger partial charge in [-0.3, -0.25) is 4.79 Å². The van der Waals surface area contributed by atoms with Crippen LogP contribution in [-0.2, 0) is 4.79 Å². The van der Waals surface area contributed by atoms with Gasteiger partial charge in [0, 0.05) is 0 Å². The first kappa shape index (κ1) is 10.2. The SMILES string of the molecule is O=C1NC(=S)S/C1=C\C=Cc1ccco1. The first-order valence-electron chi connectivity index (χ1n) is 4.21. The van der Waals surface area contributed by atoms with E-state index in [0.717, 1.165) is 5.76 Å². The standard InChI is InChI=1S/C10H7NO2S2/c12-9-8(15-10(14)11-9)5-1-3-7-4-2-6-13-7/h1-6H,(H,11,12,14)/b3-1?,8-5-. The Labute approximate surface area is 96.2 Å². The number of thiocarbonyl (C=S) groups is 1. The highest BCUT2D eigenvalue weighted by molar-refractivity contribution is 8.26. The molecule has 0 atom stereocenters. The third kappa shape index (κ3) is 2.57. The third-order valence-electron chi connectivity index (χ3n) is 1.69. The lowest BCUT2D eigenvalue weighted by atomic mass is 10.3. The molecule has 0 radical (unpaired) electrons. The molecule has 3 nitrogen and oxygen atoms in total. The average Bonchev–Trinajstić information content (AvgIpc) is 2.77. The van der Waals surface area contributed by atoms with E-state index in [1.807, 2.05) is 6.07 Å². The number of amides is 1. The second-order valence-corrected chi connectivity index (χ2v) is 4.47. The fraction of sp³-hybridized carbons (Fsp3) is 0. The van der Waals surface area contributed by atoms with Gasteiger partial charge in [-0.05, 0) is 24.3 Å². The molecule has 1 N–H and O–H groups in total. The zero-order valence-electron chi connectivity index (χ0n) is 7.60. The molecule has 0 saturated carbocycles. The van der Waals surface area contributed by atoms with Crippen molar-refractivity contribution in [2.24, 2.45) is 0 Å². The van der Waals surface area contributed by atoms with Crippen molar-refractivity contribution in [1.29, 1.82) is 0 Å². The molecule has 0 unspecified atom stereocenters. The first-order valence-corrected chi connectivity index (χ1v) is 5.43. The molecular formula is C10H7NO2S2. The summed E-state index contributed by atoms with van der Waals surface area (Å²) < 4.78 is 5.59. The van der Waals surface area contributed by atoms with Crippen LogP contribution < -0.4 is 5.32 Å². The van der Waals surface area contributed by atoms with Gasteiger partial charge < -0.3 is 9.73 Å². The van der Waals surface area contributed by atoms with Gasteiger partial charge in [0.25, 0.3) is 5.91 Å². The lowest BCUT2D eigenvalue weighted by molar-refractivity contribution is -0.115. The van der Waals surface area contributed by atoms with Crippen molar-refractivity contribution < 1.29 is 9.21 Å². The molecule has 1 aliphatic rings. The van der Waals surface area contributed by atoms with Crippen LogP contribution in [0.25, 0.3) is 6.08 Å². The Morgan fingerprint density at radius 3 is 3.00 bits per heavy atom. The van der Waals surface area contributed by atoms with Crippen molar-refractivity contribution in [3.05, 3.63) is 41.2 Å². The molecule has 0 aliphatic carbocycles. The lowest BCUT2D eigenvalue weighted by Crippen LogP contribution is -2.17. The number of carbonyl (C=O) groups is 1. The maximum absolute atomic E-state index is 11.2. The molecular weight excluding hydrogens is 230 g/mol. The van der Waals surface area contributed by atoms with Crippen molar-refractivity contribution in [1.82, 2.24) is 5.32 Å². The average molecular weight is 237 g/mol. The number of thioether (sulfide) groups is 1. The summed E-state index contributed by atoms with van der Waals surface area (Å²) in [6.45, 7) is 0. The molecule has 5 heteroatoms. The van der Waals surface area contributed by atoms with Gasteiger partial charge in [-0.25, -0.2) is 0 Å². The van der Waals surface area contributed by atoms with E-state index in [4.69, 9.17) is 16.6 Å². The van der Waals surface area contributed by atoms with E-state index in [2.05, 4.69) is 5.32 Å². The van der Waals surface area contributed by atoms with Crippen LogP contribution in [0.3, 0.4) is 0 Å². The molecule has 1 aliphatic heterocycles. The summed E-state index contributed by atoms with van der Waals surface area (Å²) in [6, 6.07) is 3.64. The van der Waals surface area contributed by atoms with Gasteiger partial charge in [0.05, 0.1) is 11.2 Å². The summed E-state index contributed by atoms with van der Waals surface area (Å²) in [5.41, 5.74) is 0. The molecule has 2 heterocycles. The summed E-state index contributed by atoms with van der Waals surface area (Å²) in [5.74, 6) is 0.604. The van der Waals surface area contributed by atoms with Gasteiger partial charge in [0.1, 0.15) is 10.1 Å². The van der Waals surface area contributed by atoms with Gasteiger partial charge in [0.2, 0.25) is 0 Å². The molecule has 0 bridgehead atoms. The van der Waals surface area contributed by atoms with Crippen LogP contribution in [0.5, 0.6) is 0 Å². The molecule has 1 amide bonds. The monoisotopic (exact) mass is 237 g/mol. The number of nitrogens with one attached hydrogen (secondary N) is 1. The molecule has 0 aromatic carbocycles. The normalized spacial score (nSPS) is 19.1. The zero-order chi connectivity index (χ0) is 10.7. The van der Waals surface area contributed by atoms with Gasteiger partial charge in [-0.2, -0.15) is 0 Å². The highest BCUT2D eigenvalue weighted by Gasteiger charge is 2.20. The van der Waals surface area contributed by atoms with Crippen molar-refractivity contribution in [3.63, 3.8) is 0 Å². The fourth-order valence-electron chi connectivity index (χ4n) is 1.05. The highest BCUT2D eigenvalue weighted by Crippen LogP contribution is 2.23. The topological polar surface area (TPSA) is 42.2 Å². The Morgan fingerprint density at radius 1 is 1.53 bits per heavy atom. The zero-order valence-corrected chi connectivity index (χ0v) is 9.23. The van der Waals surface area contributed by atoms with E-state index in [-0.39, 0.29) is 5.91 Å². The van der Waals surface area contributed by atoms with E-state index in [9.17, 15) is 4.79 Å². The van der Waals surface area contributed by atoms with Gasteiger partial charge >= 0.3 is 0 Å². The Bertz CT molecular complexity index is 446. The molecule has 1 aromatic heterocycles. The Morgan fingerprint density at radius 2 is 2.40 bits per heavy atom. The van der Waals surface area contributed by atoms with E-state index < -0.39 is 0 Å². The Kier molecular flexibility index (Phi) is 3.03. The second-order valence-electron chi connectivity index (χ2n) is 2.75. The number of rotatable bonds is 2. The number of hydrogen-bond acceptors (Lipinski definition) is 4. The van der Waals surface area contributed by atoms with Gasteiger partial charge in [0.15, 0.2) is 0 Å². The molecule has 15 heavy (non-hydrogen) atoms. The molecule has 0 spiro atoms. The van der Waals surface area contributed by atoms with Crippen molar-refractivity contribution in [2.75, 3.05) is 0 Å². The van der Waals surface area contributed by atoms with Crippen LogP contribution in [0.1, 0.15) is 5.76 Å². The number of furan rings is 1. The quantitative estimate of drug-likeness (QED) is 0.633. The van der Waals surface area contributed by atoms with E-state index in [0.29, 0.717) is 9.23 Å². The summed E-state index contributed by atoms with van der Waals surface area (Å²) in [4.78, 5) is 11.8. The van der Waals surface area contributed by atoms with Crippen LogP contribution in [0.4, 0.5) is 0 Å². The minimum atomic E-state index is -0.144. The van der Waals surface area contributed by atoms with E-state index in [1.54, 1.807) is 30.6 Å². The van der Waals surface area contributed by atoms with Crippen molar-refractivity contribution in [2.45, 2.75) is 0 Å². The molecule has 76 valence electrons. The van der Waals surface area contributed by atoms with Gasteiger partial charge in [-0.1, -0.05) is 30.1 Å². The lowest BCUT2D eigenvalue weighted by Gasteiger charge is -1.85. The molecule has 1 fully saturated rings. The number of carbonyl (C=O) groups excluding carboxylic acids is 1. The van der Waals surface area contributed by atoms with Crippen LogP contribution >= 0.6 is 24.0 Å². The maximum Gasteiger partial charge on any atom is 0.263 e. The summed E-state index contributed by atoms with van der Waals surface area (Å²) in [7, 11) is 0. The van der Waals surface area contributed by atoms with E-state index >= 15 is 0 Å². The predicted molar refractivity (Wildman–Crippen MR) is 64.2 cm³/mol. The first-order chi connectivity index (χ1) is 7.25. The molecule has 1 saturated heterocycles. The third-order valence-corrected chi connectivity index (χ3v) is 2.87. The summed E-state index contributed by atoms with van der Waals surface area (Å²) in [6.07, 6.45) is 6.84. The van der Waals surface area contributed by atoms with Crippen molar-refractivity contribution >= 4 is 40.3 Å². The van der Waals surface area contributed by atoms with E-state index in [1.165, 1.54) is 11.8 Å². The minimum absolute atomic E-state index is 0.144. The van der Waals surface area contributed by atoms with Crippen LogP contribution in [0.15, 0.2) is 39.9 Å². The minimum Gasteiger partial charge on any atom is -0.465 e. The van der Waals surface area contributed by atoms with Crippen LogP contribution in [-0.4, -0.2) is 10.2 Å². The van der Waals surface area contributed by atoms with Crippen molar-refractivity contribution in [3.8, 4) is 0 Å². The Hall–Kier alpha value is -1.33. The smallest absolute Gasteiger partial charge is 0.263 e. The maximum atomic E-state index is 11.2. The van der Waals surface area contributed by atoms with Crippen LogP contribution in [0.2, 0.25) is 0 Å². The second kappa shape index (κ2) is 4.46.